The topological polar surface area (TPSA) is 129 Å². The number of carbonyl (C=O) groups excluding carboxylic acids is 3. The highest BCUT2D eigenvalue weighted by Gasteiger charge is 2.38. The number of Topliss-reactive ketones (excluding diaryl/α,β-unsaturated/α-hetero) is 3. The first-order valence-corrected chi connectivity index (χ1v) is 10.2. The zero-order valence-electron chi connectivity index (χ0n) is 14.5. The summed E-state index contributed by atoms with van der Waals surface area (Å²) in [6.07, 6.45) is 1.67. The first-order chi connectivity index (χ1) is 12.6. The number of aromatic nitrogens is 4. The summed E-state index contributed by atoms with van der Waals surface area (Å²) < 4.78 is 24.3. The van der Waals surface area contributed by atoms with Gasteiger partial charge in [0.15, 0.2) is 27.2 Å². The number of halogens is 1. The Morgan fingerprint density at radius 1 is 1.22 bits per heavy atom. The molecule has 27 heavy (non-hydrogen) atoms. The van der Waals surface area contributed by atoms with Gasteiger partial charge in [-0.2, -0.15) is 4.80 Å². The molecule has 0 bridgehead atoms. The van der Waals surface area contributed by atoms with Gasteiger partial charge in [-0.15, -0.1) is 10.2 Å². The molecule has 2 aromatic rings. The lowest BCUT2D eigenvalue weighted by Gasteiger charge is -2.19. The lowest BCUT2D eigenvalue weighted by Crippen LogP contribution is -2.35. The first-order valence-electron chi connectivity index (χ1n) is 7.98. The van der Waals surface area contributed by atoms with Crippen LogP contribution in [-0.2, 0) is 26.5 Å². The fourth-order valence-electron chi connectivity index (χ4n) is 3.00. The summed E-state index contributed by atoms with van der Waals surface area (Å²) in [6.45, 7) is 0. The third-order valence-electron chi connectivity index (χ3n) is 4.25. The summed E-state index contributed by atoms with van der Waals surface area (Å²) >= 11 is 6.35. The van der Waals surface area contributed by atoms with E-state index >= 15 is 0 Å². The number of rotatable bonds is 4. The van der Waals surface area contributed by atoms with Crippen molar-refractivity contribution in [2.75, 3.05) is 6.26 Å². The van der Waals surface area contributed by atoms with E-state index in [9.17, 15) is 22.8 Å². The van der Waals surface area contributed by atoms with E-state index in [-0.39, 0.29) is 39.7 Å². The number of aryl methyl sites for hydroxylation is 1. The number of hydrogen-bond donors (Lipinski definition) is 0. The number of hydrogen-bond acceptors (Lipinski definition) is 8. The van der Waals surface area contributed by atoms with Crippen molar-refractivity contribution in [2.45, 2.75) is 24.2 Å². The van der Waals surface area contributed by atoms with E-state index in [2.05, 4.69) is 15.4 Å². The maximum Gasteiger partial charge on any atom is 0.207 e. The van der Waals surface area contributed by atoms with Crippen LogP contribution in [0, 0.1) is 5.92 Å². The van der Waals surface area contributed by atoms with Crippen molar-refractivity contribution in [2.24, 2.45) is 13.0 Å². The molecule has 1 fully saturated rings. The van der Waals surface area contributed by atoms with Gasteiger partial charge >= 0.3 is 0 Å². The molecule has 0 amide bonds. The fourth-order valence-corrected chi connectivity index (χ4v) is 4.28. The van der Waals surface area contributed by atoms with Crippen molar-refractivity contribution in [3.63, 3.8) is 0 Å². The molecule has 142 valence electrons. The Morgan fingerprint density at radius 3 is 2.37 bits per heavy atom. The van der Waals surface area contributed by atoms with Gasteiger partial charge in [-0.1, -0.05) is 11.6 Å². The molecule has 0 unspecified atom stereocenters. The van der Waals surface area contributed by atoms with Crippen LogP contribution in [0.5, 0.6) is 0 Å². The van der Waals surface area contributed by atoms with Gasteiger partial charge < -0.3 is 0 Å². The third kappa shape index (κ3) is 3.54. The fraction of sp³-hybridized carbons (Fsp3) is 0.375. The maximum atomic E-state index is 12.9. The Labute approximate surface area is 159 Å². The van der Waals surface area contributed by atoms with Crippen molar-refractivity contribution in [3.8, 4) is 11.4 Å². The van der Waals surface area contributed by atoms with Crippen molar-refractivity contribution in [1.29, 1.82) is 0 Å². The van der Waals surface area contributed by atoms with Crippen molar-refractivity contribution in [1.82, 2.24) is 20.2 Å². The van der Waals surface area contributed by atoms with Crippen LogP contribution in [-0.4, -0.2) is 52.2 Å². The molecule has 1 aromatic carbocycles. The van der Waals surface area contributed by atoms with E-state index < -0.39 is 33.1 Å². The monoisotopic (exact) mass is 410 g/mol. The minimum atomic E-state index is -3.73. The molecule has 9 nitrogen and oxygen atoms in total. The molecule has 1 aromatic heterocycles. The van der Waals surface area contributed by atoms with Gasteiger partial charge in [0.2, 0.25) is 5.82 Å². The van der Waals surface area contributed by atoms with Crippen molar-refractivity contribution < 1.29 is 22.8 Å². The van der Waals surface area contributed by atoms with Gasteiger partial charge in [-0.3, -0.25) is 14.4 Å². The van der Waals surface area contributed by atoms with Gasteiger partial charge in [-0.25, -0.2) is 8.42 Å². The lowest BCUT2D eigenvalue weighted by atomic mass is 9.81. The molecule has 3 rings (SSSR count). The standard InChI is InChI=1S/C16H15ClN4O5S/c1-21-19-16(18-20-21)13-11(27(2,25)26)7-6-8(14(13)17)15(24)12-9(22)4-3-5-10(12)23/h6-7,12H,3-5H2,1-2H3. The van der Waals surface area contributed by atoms with E-state index in [1.807, 2.05) is 0 Å². The zero-order valence-corrected chi connectivity index (χ0v) is 16.0. The Morgan fingerprint density at radius 2 is 1.85 bits per heavy atom. The first kappa shape index (κ1) is 19.3. The largest absolute Gasteiger partial charge is 0.298 e. The third-order valence-corrected chi connectivity index (χ3v) is 5.78. The van der Waals surface area contributed by atoms with Crippen molar-refractivity contribution in [3.05, 3.63) is 22.7 Å². The van der Waals surface area contributed by atoms with Crippen LogP contribution < -0.4 is 0 Å². The summed E-state index contributed by atoms with van der Waals surface area (Å²) in [5.74, 6) is -3.17. The molecule has 0 N–H and O–H groups in total. The second-order valence-electron chi connectivity index (χ2n) is 6.26. The predicted molar refractivity (Wildman–Crippen MR) is 94.0 cm³/mol. The average molecular weight is 411 g/mol. The molecule has 0 saturated heterocycles. The van der Waals surface area contributed by atoms with Crippen LogP contribution in [0.15, 0.2) is 17.0 Å². The summed E-state index contributed by atoms with van der Waals surface area (Å²) in [7, 11) is -2.25. The van der Waals surface area contributed by atoms with Crippen LogP contribution in [0.4, 0.5) is 0 Å². The van der Waals surface area contributed by atoms with Gasteiger partial charge in [-0.05, 0) is 23.8 Å². The van der Waals surface area contributed by atoms with Crippen LogP contribution >= 0.6 is 11.6 Å². The van der Waals surface area contributed by atoms with Crippen molar-refractivity contribution >= 4 is 38.8 Å². The molecule has 1 aliphatic carbocycles. The zero-order chi connectivity index (χ0) is 19.9. The Hall–Kier alpha value is -2.46. The van der Waals surface area contributed by atoms with Crippen LogP contribution in [0.25, 0.3) is 11.4 Å². The molecule has 0 aliphatic heterocycles. The maximum absolute atomic E-state index is 12.9. The van der Waals surface area contributed by atoms with E-state index in [1.165, 1.54) is 19.2 Å². The van der Waals surface area contributed by atoms with Crippen LogP contribution in [0.1, 0.15) is 29.6 Å². The smallest absolute Gasteiger partial charge is 0.207 e. The summed E-state index contributed by atoms with van der Waals surface area (Å²) in [4.78, 5) is 38.0. The van der Waals surface area contributed by atoms with Gasteiger partial charge in [0, 0.05) is 24.7 Å². The van der Waals surface area contributed by atoms with E-state index in [0.717, 1.165) is 11.1 Å². The highest BCUT2D eigenvalue weighted by atomic mass is 35.5. The minimum absolute atomic E-state index is 0.0844. The second-order valence-corrected chi connectivity index (χ2v) is 8.62. The number of carbonyl (C=O) groups is 3. The summed E-state index contributed by atoms with van der Waals surface area (Å²) in [5, 5.41) is 11.2. The van der Waals surface area contributed by atoms with Crippen LogP contribution in [0.3, 0.4) is 0 Å². The average Bonchev–Trinajstić information content (AvgIpc) is 2.99. The normalized spacial score (nSPS) is 16.0. The quantitative estimate of drug-likeness (QED) is 0.540. The number of nitrogens with zero attached hydrogens (tertiary/aromatic N) is 4. The van der Waals surface area contributed by atoms with Gasteiger partial charge in [0.25, 0.3) is 0 Å². The molecule has 0 atom stereocenters. The highest BCUT2D eigenvalue weighted by molar-refractivity contribution is 7.90. The van der Waals surface area contributed by atoms with Gasteiger partial charge in [0.1, 0.15) is 5.92 Å². The SMILES string of the molecule is Cn1nnc(-c2c(S(C)(=O)=O)ccc(C(=O)C3C(=O)CCCC3=O)c2Cl)n1. The molecular formula is C16H15ClN4O5S. The Balaban J connectivity index is 2.20. The molecule has 1 heterocycles. The van der Waals surface area contributed by atoms with E-state index in [0.29, 0.717) is 6.42 Å². The molecule has 1 aliphatic rings. The Bertz CT molecular complexity index is 1060. The van der Waals surface area contributed by atoms with E-state index in [4.69, 9.17) is 11.6 Å². The number of ketones is 3. The molecule has 1 saturated carbocycles. The van der Waals surface area contributed by atoms with Gasteiger partial charge in [0.05, 0.1) is 22.5 Å². The molecule has 0 radical (unpaired) electrons. The molecular weight excluding hydrogens is 396 g/mol. The summed E-state index contributed by atoms with van der Waals surface area (Å²) in [5.41, 5.74) is -0.214. The predicted octanol–water partition coefficient (Wildman–Crippen LogP) is 1.05. The minimum Gasteiger partial charge on any atom is -0.298 e. The Kier molecular flexibility index (Phi) is 4.96. The number of tetrazole rings is 1. The second kappa shape index (κ2) is 6.93. The highest BCUT2D eigenvalue weighted by Crippen LogP contribution is 2.36. The number of benzene rings is 1. The van der Waals surface area contributed by atoms with E-state index in [1.54, 1.807) is 0 Å². The summed E-state index contributed by atoms with van der Waals surface area (Å²) in [6, 6.07) is 2.40. The number of sulfone groups is 1. The molecule has 11 heteroatoms. The van der Waals surface area contributed by atoms with Crippen LogP contribution in [0.2, 0.25) is 5.02 Å². The molecule has 0 spiro atoms. The lowest BCUT2D eigenvalue weighted by molar-refractivity contribution is -0.133.